The van der Waals surface area contributed by atoms with Gasteiger partial charge in [-0.25, -0.2) is 19.8 Å². The second-order valence-electron chi connectivity index (χ2n) is 17.9. The van der Waals surface area contributed by atoms with Gasteiger partial charge < -0.3 is 10.2 Å². The maximum Gasteiger partial charge on any atom is 0.267 e. The summed E-state index contributed by atoms with van der Waals surface area (Å²) in [6, 6.07) is 11.2. The van der Waals surface area contributed by atoms with E-state index in [1.807, 2.05) is 0 Å². The van der Waals surface area contributed by atoms with Crippen LogP contribution in [0.25, 0.3) is 44.5 Å². The Hall–Kier alpha value is -4.52. The van der Waals surface area contributed by atoms with Crippen molar-refractivity contribution in [3.05, 3.63) is 196 Å². The third kappa shape index (κ3) is 7.88. The van der Waals surface area contributed by atoms with E-state index in [-0.39, 0.29) is 156 Å². The number of hydrogen-bond donors (Lipinski definition) is 2. The molecule has 0 atom stereocenters. The molecular weight excluding hydrogens is 1390 g/mol. The van der Waals surface area contributed by atoms with Gasteiger partial charge in [-0.2, -0.15) is 0 Å². The van der Waals surface area contributed by atoms with E-state index in [2.05, 4.69) is 0 Å². The SMILES string of the molecule is O=C1C(c2ccc3c(N4C(=O)c5c(Cl)c(Cl)c(Cl)c(Cl)c5C4=O)c(Cc4ccc5nc(C6=C(O)c7c(Cl)c(Cl)c(Cl)c(Cl)c7C6=O)ccc5c4N4C(=O)c5c(Cl)c(Cl)c(Cl)c(Cl)c5C4=O)ccc3n2)=C(O)c2c(Cl)c(Cl)c(Cl)c(Cl)c21. The topological polar surface area (TPSA) is 175 Å². The second-order valence-corrected chi connectivity index (χ2v) is 23.9. The summed E-state index contributed by atoms with van der Waals surface area (Å²) >= 11 is 103. The minimum Gasteiger partial charge on any atom is -0.506 e. The number of carbonyl (C=O) groups excluding carboxylic acids is 6. The van der Waals surface area contributed by atoms with Crippen LogP contribution in [0.4, 0.5) is 11.4 Å². The van der Waals surface area contributed by atoms with Crippen LogP contribution in [0, 0.1) is 0 Å². The maximum absolute atomic E-state index is 14.9. The number of hydrogen-bond acceptors (Lipinski definition) is 10. The molecule has 12 nitrogen and oxygen atoms in total. The predicted molar refractivity (Wildman–Crippen MR) is 322 cm³/mol. The van der Waals surface area contributed by atoms with Crippen molar-refractivity contribution < 1.29 is 39.0 Å². The van der Waals surface area contributed by atoms with E-state index in [9.17, 15) is 39.0 Å². The average molecular weight is 1400 g/mol. The predicted octanol–water partition coefficient (Wildman–Crippen LogP) is 19.7. The third-order valence-electron chi connectivity index (χ3n) is 13.8. The van der Waals surface area contributed by atoms with E-state index < -0.39 is 89.1 Å². The monoisotopic (exact) mass is 1390 g/mol. The molecule has 2 aliphatic carbocycles. The van der Waals surface area contributed by atoms with Crippen LogP contribution in [0.5, 0.6) is 0 Å². The largest absolute Gasteiger partial charge is 0.506 e. The first-order valence-corrected chi connectivity index (χ1v) is 28.3. The molecule has 404 valence electrons. The molecular formula is C53H12Cl16N4O8. The molecule has 6 aromatic carbocycles. The van der Waals surface area contributed by atoms with Crippen molar-refractivity contribution in [1.29, 1.82) is 0 Å². The van der Waals surface area contributed by atoms with Crippen LogP contribution < -0.4 is 9.80 Å². The molecule has 2 aliphatic heterocycles. The van der Waals surface area contributed by atoms with Gasteiger partial charge in [-0.3, -0.25) is 28.8 Å². The summed E-state index contributed by atoms with van der Waals surface area (Å²) in [5, 5.41) is 18.3. The van der Waals surface area contributed by atoms with Gasteiger partial charge in [0.05, 0.1) is 170 Å². The van der Waals surface area contributed by atoms with Crippen molar-refractivity contribution in [3.63, 3.8) is 0 Å². The van der Waals surface area contributed by atoms with Crippen molar-refractivity contribution in [3.8, 4) is 0 Å². The summed E-state index contributed by atoms with van der Waals surface area (Å²) in [5.74, 6) is -7.02. The van der Waals surface area contributed by atoms with E-state index in [0.29, 0.717) is 0 Å². The Labute approximate surface area is 532 Å². The molecule has 0 bridgehead atoms. The fourth-order valence-electron chi connectivity index (χ4n) is 10.2. The number of anilines is 2. The lowest BCUT2D eigenvalue weighted by Gasteiger charge is -2.24. The highest BCUT2D eigenvalue weighted by Gasteiger charge is 2.47. The third-order valence-corrected chi connectivity index (χ3v) is 21.0. The Bertz CT molecular complexity index is 4260. The van der Waals surface area contributed by atoms with E-state index in [0.717, 1.165) is 9.80 Å². The van der Waals surface area contributed by atoms with Crippen LogP contribution in [0.15, 0.2) is 48.5 Å². The first-order chi connectivity index (χ1) is 38.2. The second kappa shape index (κ2) is 20.1. The van der Waals surface area contributed by atoms with Gasteiger partial charge in [0.25, 0.3) is 23.6 Å². The highest BCUT2D eigenvalue weighted by molar-refractivity contribution is 6.60. The van der Waals surface area contributed by atoms with Crippen LogP contribution in [0.1, 0.15) is 95.8 Å². The fourth-order valence-corrected chi connectivity index (χ4v) is 14.3. The highest BCUT2D eigenvalue weighted by Crippen LogP contribution is 2.54. The molecule has 0 saturated heterocycles. The molecule has 8 aromatic rings. The molecule has 2 N–H and O–H groups in total. The zero-order chi connectivity index (χ0) is 58.3. The number of ketones is 2. The van der Waals surface area contributed by atoms with Crippen LogP contribution in [0.3, 0.4) is 0 Å². The minimum atomic E-state index is -1.03. The lowest BCUT2D eigenvalue weighted by molar-refractivity contribution is 0.0911. The summed E-state index contributed by atoms with van der Waals surface area (Å²) in [7, 11) is 0. The number of nitrogens with zero attached hydrogens (tertiary/aromatic N) is 4. The summed E-state index contributed by atoms with van der Waals surface area (Å²) in [6.07, 6.45) is -0.386. The van der Waals surface area contributed by atoms with Crippen LogP contribution in [0.2, 0.25) is 80.4 Å². The van der Waals surface area contributed by atoms with Gasteiger partial charge in [-0.15, -0.1) is 0 Å². The Balaban J connectivity index is 1.08. The average Bonchev–Trinajstić information content (AvgIpc) is 3.93. The Morgan fingerprint density at radius 3 is 0.864 bits per heavy atom. The number of allylic oxidation sites excluding steroid dienone is 2. The van der Waals surface area contributed by atoms with Gasteiger partial charge in [-0.1, -0.05) is 198 Å². The zero-order valence-electron chi connectivity index (χ0n) is 38.5. The number of aliphatic hydroxyl groups is 2. The number of rotatable bonds is 6. The fraction of sp³-hybridized carbons (Fsp3) is 0.0189. The Kier molecular flexibility index (Phi) is 14.1. The number of carbonyl (C=O) groups is 6. The van der Waals surface area contributed by atoms with Crippen molar-refractivity contribution in [2.75, 3.05) is 9.80 Å². The zero-order valence-corrected chi connectivity index (χ0v) is 50.6. The van der Waals surface area contributed by atoms with Crippen LogP contribution in [-0.2, 0) is 6.42 Å². The van der Waals surface area contributed by atoms with Gasteiger partial charge in [0.1, 0.15) is 11.5 Å². The summed E-state index contributed by atoms with van der Waals surface area (Å²) in [6.45, 7) is 0. The molecule has 0 radical (unpaired) electrons. The number of Topliss-reactive ketones (excluding diaryl/α,β-unsaturated/α-hetero) is 2. The molecule has 2 aromatic heterocycles. The number of benzene rings is 6. The van der Waals surface area contributed by atoms with E-state index in [4.69, 9.17) is 196 Å². The molecule has 0 spiro atoms. The minimum absolute atomic E-state index is 0.00974. The number of aromatic nitrogens is 2. The number of amides is 4. The van der Waals surface area contributed by atoms with Gasteiger partial charge >= 0.3 is 0 Å². The lowest BCUT2D eigenvalue weighted by Crippen LogP contribution is -2.32. The van der Waals surface area contributed by atoms with E-state index >= 15 is 0 Å². The van der Waals surface area contributed by atoms with Gasteiger partial charge in [0, 0.05) is 17.2 Å². The van der Waals surface area contributed by atoms with Gasteiger partial charge in [0.2, 0.25) is 11.6 Å². The van der Waals surface area contributed by atoms with Crippen molar-refractivity contribution >= 4 is 277 Å². The molecule has 0 unspecified atom stereocenters. The number of aliphatic hydroxyl groups excluding tert-OH is 2. The van der Waals surface area contributed by atoms with E-state index in [1.165, 1.54) is 48.5 Å². The molecule has 4 aliphatic rings. The Morgan fingerprint density at radius 1 is 0.321 bits per heavy atom. The number of halogens is 16. The molecule has 0 fully saturated rings. The number of fused-ring (bicyclic) bond motifs is 6. The highest BCUT2D eigenvalue weighted by atomic mass is 35.5. The summed E-state index contributed by atoms with van der Waals surface area (Å²) in [5.41, 5.74) is -3.61. The van der Waals surface area contributed by atoms with Gasteiger partial charge in [0.15, 0.2) is 0 Å². The standard InChI is InChI=1S/C53H12Cl16N4O8/c54-28-20-21(29(55)37(63)36(28)62)47(75)18(46(20)74)16-7-3-12-14(70-16)5-1-10(44(12)72-50(78)24-25(51(72)79)33(59)41(67)40(66)32(24)58)9-11-2-6-15-13(45(11)73-52(80)26-27(53(73)81)35(61)43(69)42(68)34(26)60)4-8-17(71-15)19-48(76)22-23(49(19)77)31(57)39(65)38(64)30(22)56/h1-8,74,76H,9H2. The smallest absolute Gasteiger partial charge is 0.267 e. The summed E-state index contributed by atoms with van der Waals surface area (Å²) < 4.78 is 0. The first kappa shape index (κ1) is 56.9. The molecule has 12 rings (SSSR count). The van der Waals surface area contributed by atoms with Crippen LogP contribution >= 0.6 is 186 Å². The molecule has 4 heterocycles. The number of imide groups is 2. The van der Waals surface area contributed by atoms with Crippen molar-refractivity contribution in [2.45, 2.75) is 6.42 Å². The summed E-state index contributed by atoms with van der Waals surface area (Å²) in [4.78, 5) is 98.7. The van der Waals surface area contributed by atoms with Crippen molar-refractivity contribution in [1.82, 2.24) is 9.97 Å². The Morgan fingerprint density at radius 2 is 0.580 bits per heavy atom. The lowest BCUT2D eigenvalue weighted by atomic mass is 9.95. The maximum atomic E-state index is 14.9. The van der Waals surface area contributed by atoms with Crippen LogP contribution in [-0.4, -0.2) is 55.4 Å². The number of pyridine rings is 2. The first-order valence-electron chi connectivity index (χ1n) is 22.3. The van der Waals surface area contributed by atoms with Gasteiger partial charge in [-0.05, 0) is 47.5 Å². The molecule has 28 heteroatoms. The molecule has 81 heavy (non-hydrogen) atoms. The van der Waals surface area contributed by atoms with Crippen molar-refractivity contribution in [2.24, 2.45) is 0 Å². The normalized spacial score (nSPS) is 14.8. The molecule has 0 saturated carbocycles. The molecule has 4 amide bonds. The quantitative estimate of drug-likeness (QED) is 0.0926. The van der Waals surface area contributed by atoms with E-state index in [1.54, 1.807) is 0 Å².